The fourth-order valence-electron chi connectivity index (χ4n) is 1.57. The summed E-state index contributed by atoms with van der Waals surface area (Å²) in [7, 11) is 1.38. The van der Waals surface area contributed by atoms with Gasteiger partial charge in [0, 0.05) is 17.7 Å². The molecule has 0 saturated heterocycles. The number of para-hydroxylation sites is 1. The van der Waals surface area contributed by atoms with E-state index < -0.39 is 4.92 Å². The third-order valence-electron chi connectivity index (χ3n) is 2.28. The second kappa shape index (κ2) is 4.12. The molecule has 17 heavy (non-hydrogen) atoms. The highest BCUT2D eigenvalue weighted by Crippen LogP contribution is 2.36. The third kappa shape index (κ3) is 1.89. The number of ether oxygens (including phenoxy) is 1. The van der Waals surface area contributed by atoms with Crippen molar-refractivity contribution in [3.8, 4) is 17.0 Å². The van der Waals surface area contributed by atoms with Crippen LogP contribution < -0.4 is 10.5 Å². The second-order valence-corrected chi connectivity index (χ2v) is 3.32. The van der Waals surface area contributed by atoms with E-state index in [0.29, 0.717) is 17.1 Å². The van der Waals surface area contributed by atoms with E-state index in [1.807, 2.05) is 0 Å². The molecule has 0 bridgehead atoms. The first-order valence-corrected chi connectivity index (χ1v) is 4.76. The molecule has 1 heterocycles. The van der Waals surface area contributed by atoms with Gasteiger partial charge in [-0.05, 0) is 6.07 Å². The van der Waals surface area contributed by atoms with E-state index in [4.69, 9.17) is 10.5 Å². The first kappa shape index (κ1) is 10.9. The molecule has 0 aliphatic rings. The zero-order chi connectivity index (χ0) is 12.4. The summed E-state index contributed by atoms with van der Waals surface area (Å²) in [6, 6.07) is 6.23. The molecule has 1 aromatic carbocycles. The smallest absolute Gasteiger partial charge is 0.311 e. The zero-order valence-corrected chi connectivity index (χ0v) is 9.01. The van der Waals surface area contributed by atoms with Crippen molar-refractivity contribution in [2.75, 3.05) is 12.8 Å². The van der Waals surface area contributed by atoms with Gasteiger partial charge in [-0.15, -0.1) is 0 Å². The summed E-state index contributed by atoms with van der Waals surface area (Å²) in [5.41, 5.74) is 6.51. The summed E-state index contributed by atoms with van der Waals surface area (Å²) in [5.74, 6) is 0.495. The van der Waals surface area contributed by atoms with E-state index >= 15 is 0 Å². The number of rotatable bonds is 3. The lowest BCUT2D eigenvalue weighted by atomic mass is 10.1. The number of hydrogen-bond acceptors (Lipinski definition) is 5. The highest BCUT2D eigenvalue weighted by molar-refractivity contribution is 5.74. The summed E-state index contributed by atoms with van der Waals surface area (Å²) >= 11 is 0. The van der Waals surface area contributed by atoms with Crippen LogP contribution in [-0.4, -0.2) is 22.2 Å². The Balaban J connectivity index is 2.61. The minimum Gasteiger partial charge on any atom is -0.490 e. The normalized spacial score (nSPS) is 10.2. The monoisotopic (exact) mass is 234 g/mol. The van der Waals surface area contributed by atoms with Gasteiger partial charge < -0.3 is 10.5 Å². The maximum absolute atomic E-state index is 10.8. The Hall–Kier alpha value is -2.57. The van der Waals surface area contributed by atoms with Crippen molar-refractivity contribution in [2.45, 2.75) is 0 Å². The van der Waals surface area contributed by atoms with E-state index in [-0.39, 0.29) is 11.4 Å². The average Bonchev–Trinajstić information content (AvgIpc) is 2.74. The van der Waals surface area contributed by atoms with Gasteiger partial charge in [-0.3, -0.25) is 15.2 Å². The van der Waals surface area contributed by atoms with Crippen LogP contribution in [0.15, 0.2) is 24.3 Å². The van der Waals surface area contributed by atoms with Crippen LogP contribution in [0.25, 0.3) is 11.3 Å². The highest BCUT2D eigenvalue weighted by Gasteiger charge is 2.19. The van der Waals surface area contributed by atoms with Gasteiger partial charge in [0.15, 0.2) is 0 Å². The number of aromatic amines is 1. The Bertz CT molecular complexity index is 564. The molecule has 1 aromatic heterocycles. The van der Waals surface area contributed by atoms with Crippen molar-refractivity contribution in [2.24, 2.45) is 0 Å². The first-order chi connectivity index (χ1) is 8.13. The van der Waals surface area contributed by atoms with Gasteiger partial charge in [0.2, 0.25) is 5.75 Å². The maximum Gasteiger partial charge on any atom is 0.311 e. The Morgan fingerprint density at radius 3 is 2.82 bits per heavy atom. The van der Waals surface area contributed by atoms with E-state index in [1.165, 1.54) is 13.2 Å². The number of benzene rings is 1. The molecule has 0 radical (unpaired) electrons. The molecule has 3 N–H and O–H groups in total. The molecule has 0 atom stereocenters. The van der Waals surface area contributed by atoms with E-state index in [2.05, 4.69) is 10.2 Å². The molecule has 2 rings (SSSR count). The fourth-order valence-corrected chi connectivity index (χ4v) is 1.57. The van der Waals surface area contributed by atoms with Crippen molar-refractivity contribution >= 4 is 11.5 Å². The van der Waals surface area contributed by atoms with Crippen LogP contribution >= 0.6 is 0 Å². The zero-order valence-electron chi connectivity index (χ0n) is 9.01. The van der Waals surface area contributed by atoms with Gasteiger partial charge in [0.05, 0.1) is 17.7 Å². The van der Waals surface area contributed by atoms with Gasteiger partial charge in [-0.2, -0.15) is 5.10 Å². The summed E-state index contributed by atoms with van der Waals surface area (Å²) < 4.78 is 5.07. The molecule has 0 spiro atoms. The molecule has 7 nitrogen and oxygen atoms in total. The van der Waals surface area contributed by atoms with Crippen molar-refractivity contribution < 1.29 is 9.66 Å². The van der Waals surface area contributed by atoms with Gasteiger partial charge in [0.1, 0.15) is 5.82 Å². The lowest BCUT2D eigenvalue weighted by Gasteiger charge is -2.06. The van der Waals surface area contributed by atoms with Crippen molar-refractivity contribution in [1.82, 2.24) is 10.2 Å². The predicted octanol–water partition coefficient (Wildman–Crippen LogP) is 1.58. The number of methoxy groups -OCH3 is 1. The highest BCUT2D eigenvalue weighted by atomic mass is 16.6. The number of nitro groups is 1. The van der Waals surface area contributed by atoms with Crippen LogP contribution in [0.4, 0.5) is 11.5 Å². The molecule has 0 aliphatic heterocycles. The van der Waals surface area contributed by atoms with Crippen molar-refractivity contribution in [3.05, 3.63) is 34.4 Å². The predicted molar refractivity (Wildman–Crippen MR) is 61.6 cm³/mol. The summed E-state index contributed by atoms with van der Waals surface area (Å²) in [6.07, 6.45) is 0. The number of anilines is 1. The largest absolute Gasteiger partial charge is 0.490 e. The lowest BCUT2D eigenvalue weighted by molar-refractivity contribution is -0.385. The Kier molecular flexibility index (Phi) is 2.65. The molecule has 0 saturated carbocycles. The SMILES string of the molecule is COc1c(-c2cc(N)n[nH]2)cccc1[N+](=O)[O-]. The van der Waals surface area contributed by atoms with Gasteiger partial charge in [0.25, 0.3) is 0 Å². The number of nitrogens with two attached hydrogens (primary N) is 1. The summed E-state index contributed by atoms with van der Waals surface area (Å²) in [4.78, 5) is 10.3. The number of H-pyrrole nitrogens is 1. The van der Waals surface area contributed by atoms with E-state index in [0.717, 1.165) is 0 Å². The quantitative estimate of drug-likeness (QED) is 0.619. The lowest BCUT2D eigenvalue weighted by Crippen LogP contribution is -1.95. The van der Waals surface area contributed by atoms with E-state index in [1.54, 1.807) is 18.2 Å². The van der Waals surface area contributed by atoms with Crippen LogP contribution in [0.3, 0.4) is 0 Å². The molecule has 7 heteroatoms. The number of nitro benzene ring substituents is 1. The molecule has 2 aromatic rings. The van der Waals surface area contributed by atoms with Crippen LogP contribution in [0.2, 0.25) is 0 Å². The van der Waals surface area contributed by atoms with Crippen LogP contribution in [-0.2, 0) is 0 Å². The Morgan fingerprint density at radius 1 is 1.53 bits per heavy atom. The van der Waals surface area contributed by atoms with Gasteiger partial charge >= 0.3 is 5.69 Å². The second-order valence-electron chi connectivity index (χ2n) is 3.32. The third-order valence-corrected chi connectivity index (χ3v) is 2.28. The molecule has 0 unspecified atom stereocenters. The number of nitrogens with one attached hydrogen (secondary N) is 1. The number of nitrogen functional groups attached to an aromatic ring is 1. The Morgan fingerprint density at radius 2 is 2.29 bits per heavy atom. The maximum atomic E-state index is 10.8. The minimum absolute atomic E-state index is 0.0989. The van der Waals surface area contributed by atoms with E-state index in [9.17, 15) is 10.1 Å². The van der Waals surface area contributed by atoms with Gasteiger partial charge in [-0.1, -0.05) is 6.07 Å². The van der Waals surface area contributed by atoms with Crippen molar-refractivity contribution in [1.29, 1.82) is 0 Å². The van der Waals surface area contributed by atoms with Gasteiger partial charge in [-0.25, -0.2) is 0 Å². The fraction of sp³-hybridized carbons (Fsp3) is 0.100. The minimum atomic E-state index is -0.498. The molecular weight excluding hydrogens is 224 g/mol. The van der Waals surface area contributed by atoms with Crippen LogP contribution in [0.5, 0.6) is 5.75 Å². The number of aromatic nitrogens is 2. The molecule has 88 valence electrons. The molecule has 0 amide bonds. The molecule has 0 aliphatic carbocycles. The summed E-state index contributed by atoms with van der Waals surface area (Å²) in [5, 5.41) is 17.3. The Labute approximate surface area is 96.4 Å². The summed E-state index contributed by atoms with van der Waals surface area (Å²) in [6.45, 7) is 0. The first-order valence-electron chi connectivity index (χ1n) is 4.76. The number of nitrogens with zero attached hydrogens (tertiary/aromatic N) is 2. The topological polar surface area (TPSA) is 107 Å². The molecular formula is C10H10N4O3. The number of hydrogen-bond donors (Lipinski definition) is 2. The standard InChI is InChI=1S/C10H10N4O3/c1-17-10-6(7-5-9(11)13-12-7)3-2-4-8(10)14(15)16/h2-5H,1H3,(H3,11,12,13). The van der Waals surface area contributed by atoms with Crippen LogP contribution in [0, 0.1) is 10.1 Å². The van der Waals surface area contributed by atoms with Crippen molar-refractivity contribution in [3.63, 3.8) is 0 Å². The molecule has 0 fully saturated rings. The van der Waals surface area contributed by atoms with Crippen LogP contribution in [0.1, 0.15) is 0 Å². The average molecular weight is 234 g/mol.